The molecule has 0 aromatic carbocycles. The van der Waals surface area contributed by atoms with Gasteiger partial charge in [-0.15, -0.1) is 11.1 Å². The molecule has 1 saturated heterocycles. The molecule has 5 nitrogen and oxygen atoms in total. The van der Waals surface area contributed by atoms with Crippen LogP contribution in [0.2, 0.25) is 0 Å². The molecule has 0 aromatic rings. The van der Waals surface area contributed by atoms with Crippen LogP contribution < -0.4 is 16.5 Å². The Morgan fingerprint density at radius 3 is 3.38 bits per heavy atom. The largest absolute Gasteiger partial charge is 0.285 e. The lowest BCUT2D eigenvalue weighted by molar-refractivity contribution is -0.121. The van der Waals surface area contributed by atoms with Crippen molar-refractivity contribution in [3.05, 3.63) is 0 Å². The van der Waals surface area contributed by atoms with Gasteiger partial charge in [0, 0.05) is 0 Å². The molecule has 8 heavy (non-hydrogen) atoms. The molecule has 1 aliphatic heterocycles. The minimum atomic E-state index is -0.0741. The fourth-order valence-electron chi connectivity index (χ4n) is 0.389. The Morgan fingerprint density at radius 1 is 1.62 bits per heavy atom. The van der Waals surface area contributed by atoms with E-state index in [9.17, 15) is 4.79 Å². The van der Waals surface area contributed by atoms with Crippen molar-refractivity contribution >= 4 is 5.91 Å². The molecule has 0 radical (unpaired) electrons. The van der Waals surface area contributed by atoms with Crippen molar-refractivity contribution in [1.29, 1.82) is 0 Å². The number of carbonyl (C=O) groups is 1. The summed E-state index contributed by atoms with van der Waals surface area (Å²) in [5, 5.41) is 0. The zero-order valence-electron chi connectivity index (χ0n) is 4.23. The number of carbonyl (C=O) groups excluding carboxylic acids is 1. The molecule has 0 atom stereocenters. The summed E-state index contributed by atoms with van der Waals surface area (Å²) < 4.78 is 0. The van der Waals surface area contributed by atoms with Crippen molar-refractivity contribution in [2.75, 3.05) is 6.61 Å². The van der Waals surface area contributed by atoms with Gasteiger partial charge in [0.2, 0.25) is 5.91 Å². The first-order valence-electron chi connectivity index (χ1n) is 2.30. The van der Waals surface area contributed by atoms with Crippen molar-refractivity contribution in [3.8, 4) is 0 Å². The van der Waals surface area contributed by atoms with Gasteiger partial charge in [-0.3, -0.25) is 15.1 Å². The number of rotatable bonds is 0. The predicted octanol–water partition coefficient (Wildman–Crippen LogP) is -1.55. The van der Waals surface area contributed by atoms with Gasteiger partial charge >= 0.3 is 0 Å². The van der Waals surface area contributed by atoms with Gasteiger partial charge in [0.05, 0.1) is 13.0 Å². The van der Waals surface area contributed by atoms with E-state index in [0.29, 0.717) is 13.0 Å². The Morgan fingerprint density at radius 2 is 2.50 bits per heavy atom. The van der Waals surface area contributed by atoms with Crippen LogP contribution in [0.4, 0.5) is 0 Å². The first-order chi connectivity index (χ1) is 3.89. The highest BCUT2D eigenvalue weighted by Gasteiger charge is 2.02. The first-order valence-corrected chi connectivity index (χ1v) is 2.30. The lowest BCUT2D eigenvalue weighted by atomic mass is 10.4. The van der Waals surface area contributed by atoms with Crippen LogP contribution in [0.25, 0.3) is 0 Å². The maximum Gasteiger partial charge on any atom is 0.237 e. The molecule has 46 valence electrons. The Kier molecular flexibility index (Phi) is 1.79. The van der Waals surface area contributed by atoms with Gasteiger partial charge in [-0.2, -0.15) is 0 Å². The van der Waals surface area contributed by atoms with Crippen LogP contribution in [0.3, 0.4) is 0 Å². The molecule has 0 unspecified atom stereocenters. The lowest BCUT2D eigenvalue weighted by Gasteiger charge is -1.97. The molecule has 0 aliphatic carbocycles. The molecule has 1 fully saturated rings. The molecule has 0 aromatic heterocycles. The van der Waals surface area contributed by atoms with Crippen LogP contribution in [0, 0.1) is 0 Å². The van der Waals surface area contributed by atoms with Gasteiger partial charge in [-0.25, -0.2) is 0 Å². The van der Waals surface area contributed by atoms with Crippen molar-refractivity contribution in [2.45, 2.75) is 6.42 Å². The van der Waals surface area contributed by atoms with Gasteiger partial charge in [0.15, 0.2) is 0 Å². The van der Waals surface area contributed by atoms with Crippen LogP contribution in [0.1, 0.15) is 6.42 Å². The molecule has 1 rings (SSSR count). The van der Waals surface area contributed by atoms with E-state index in [0.717, 1.165) is 0 Å². The van der Waals surface area contributed by atoms with Crippen molar-refractivity contribution < 1.29 is 9.63 Å². The highest BCUT2D eigenvalue weighted by Crippen LogP contribution is 1.79. The van der Waals surface area contributed by atoms with Crippen LogP contribution in [0.15, 0.2) is 0 Å². The standard InChI is InChI=1S/C3H7N3O2/c7-3-1-2-8-6-5-4-3/h5-6H,1-2H2,(H,4,7). The summed E-state index contributed by atoms with van der Waals surface area (Å²) in [6.07, 6.45) is 0.389. The van der Waals surface area contributed by atoms with Crippen LogP contribution in [-0.4, -0.2) is 12.5 Å². The van der Waals surface area contributed by atoms with Crippen LogP contribution >= 0.6 is 0 Å². The second-order valence-electron chi connectivity index (χ2n) is 1.37. The molecule has 0 spiro atoms. The number of hydrazine groups is 2. The fourth-order valence-corrected chi connectivity index (χ4v) is 0.389. The van der Waals surface area contributed by atoms with Crippen molar-refractivity contribution in [2.24, 2.45) is 0 Å². The minimum absolute atomic E-state index is 0.0741. The monoisotopic (exact) mass is 117 g/mol. The van der Waals surface area contributed by atoms with E-state index in [1.807, 2.05) is 0 Å². The fraction of sp³-hybridized carbons (Fsp3) is 0.667. The van der Waals surface area contributed by atoms with Gasteiger partial charge in [0.25, 0.3) is 0 Å². The molecule has 1 aliphatic rings. The molecule has 0 bridgehead atoms. The molecule has 1 heterocycles. The number of hydrogen-bond acceptors (Lipinski definition) is 4. The second kappa shape index (κ2) is 2.61. The average molecular weight is 117 g/mol. The molecule has 3 N–H and O–H groups in total. The second-order valence-corrected chi connectivity index (χ2v) is 1.37. The van der Waals surface area contributed by atoms with E-state index in [1.165, 1.54) is 0 Å². The summed E-state index contributed by atoms with van der Waals surface area (Å²) >= 11 is 0. The van der Waals surface area contributed by atoms with E-state index in [4.69, 9.17) is 0 Å². The lowest BCUT2D eigenvalue weighted by Crippen LogP contribution is -2.43. The summed E-state index contributed by atoms with van der Waals surface area (Å²) in [6.45, 7) is 0.402. The Hall–Kier alpha value is -0.650. The Balaban J connectivity index is 2.27. The van der Waals surface area contributed by atoms with Gasteiger partial charge < -0.3 is 0 Å². The third-order valence-electron chi connectivity index (χ3n) is 0.756. The Bertz CT molecular complexity index is 84.5. The summed E-state index contributed by atoms with van der Waals surface area (Å²) in [6, 6.07) is 0. The molecular weight excluding hydrogens is 110 g/mol. The highest BCUT2D eigenvalue weighted by molar-refractivity contribution is 5.75. The van der Waals surface area contributed by atoms with Gasteiger partial charge in [-0.05, 0) is 0 Å². The summed E-state index contributed by atoms with van der Waals surface area (Å²) in [5.74, 6) is -0.0741. The predicted molar refractivity (Wildman–Crippen MR) is 25.0 cm³/mol. The smallest absolute Gasteiger partial charge is 0.237 e. The molecule has 1 amide bonds. The summed E-state index contributed by atoms with van der Waals surface area (Å²) in [5.41, 5.74) is 6.94. The van der Waals surface area contributed by atoms with E-state index in [1.54, 1.807) is 0 Å². The topological polar surface area (TPSA) is 62.4 Å². The number of nitrogens with one attached hydrogen (secondary N) is 3. The summed E-state index contributed by atoms with van der Waals surface area (Å²) in [7, 11) is 0. The van der Waals surface area contributed by atoms with Gasteiger partial charge in [0.1, 0.15) is 0 Å². The maximum absolute atomic E-state index is 10.4. The normalized spacial score (nSPS) is 21.8. The average Bonchev–Trinajstić information content (AvgIpc) is 1.94. The van der Waals surface area contributed by atoms with E-state index in [-0.39, 0.29) is 5.91 Å². The zero-order valence-corrected chi connectivity index (χ0v) is 4.23. The van der Waals surface area contributed by atoms with Crippen molar-refractivity contribution in [3.63, 3.8) is 0 Å². The number of amides is 1. The summed E-state index contributed by atoms with van der Waals surface area (Å²) in [4.78, 5) is 15.0. The van der Waals surface area contributed by atoms with Crippen LogP contribution in [-0.2, 0) is 9.63 Å². The third-order valence-corrected chi connectivity index (χ3v) is 0.756. The van der Waals surface area contributed by atoms with Crippen molar-refractivity contribution in [1.82, 2.24) is 16.5 Å². The van der Waals surface area contributed by atoms with E-state index >= 15 is 0 Å². The molecular formula is C3H7N3O2. The number of hydrogen-bond donors (Lipinski definition) is 3. The molecule has 0 saturated carbocycles. The molecule has 5 heteroatoms. The quantitative estimate of drug-likeness (QED) is 0.359. The van der Waals surface area contributed by atoms with E-state index < -0.39 is 0 Å². The zero-order chi connectivity index (χ0) is 5.82. The van der Waals surface area contributed by atoms with Gasteiger partial charge in [-0.1, -0.05) is 0 Å². The third kappa shape index (κ3) is 1.45. The SMILES string of the molecule is O=C1CCONNN1. The Labute approximate surface area is 46.3 Å². The minimum Gasteiger partial charge on any atom is -0.285 e. The first kappa shape index (κ1) is 5.49. The maximum atomic E-state index is 10.4. The van der Waals surface area contributed by atoms with E-state index in [2.05, 4.69) is 21.4 Å². The highest BCUT2D eigenvalue weighted by atomic mass is 16.7. The van der Waals surface area contributed by atoms with Crippen LogP contribution in [0.5, 0.6) is 0 Å².